The average Bonchev–Trinajstić information content (AvgIpc) is 2.37. The number of benzene rings is 1. The molecule has 2 heteroatoms. The standard InChI is InChI=1S/C16H23NO/c1-11-8-13(9-11)17-16-5-3-4-12-6-7-14(18-2)10-15(12)16/h6-7,10-11,13,16-17H,3-5,8-9H2,1-2H3. The molecule has 1 saturated carbocycles. The van der Waals surface area contributed by atoms with E-state index in [0.29, 0.717) is 6.04 Å². The number of fused-ring (bicyclic) bond motifs is 1. The van der Waals surface area contributed by atoms with Gasteiger partial charge in [-0.15, -0.1) is 0 Å². The summed E-state index contributed by atoms with van der Waals surface area (Å²) < 4.78 is 5.36. The number of rotatable bonds is 3. The van der Waals surface area contributed by atoms with Crippen LogP contribution in [0, 0.1) is 5.92 Å². The molecule has 0 aliphatic heterocycles. The van der Waals surface area contributed by atoms with E-state index in [-0.39, 0.29) is 0 Å². The fraction of sp³-hybridized carbons (Fsp3) is 0.625. The third-order valence-electron chi connectivity index (χ3n) is 4.48. The van der Waals surface area contributed by atoms with Gasteiger partial charge in [-0.25, -0.2) is 0 Å². The van der Waals surface area contributed by atoms with Crippen LogP contribution >= 0.6 is 0 Å². The summed E-state index contributed by atoms with van der Waals surface area (Å²) in [6, 6.07) is 7.84. The Morgan fingerprint density at radius 1 is 1.28 bits per heavy atom. The molecule has 2 nitrogen and oxygen atoms in total. The largest absolute Gasteiger partial charge is 0.497 e. The van der Waals surface area contributed by atoms with Crippen LogP contribution < -0.4 is 10.1 Å². The van der Waals surface area contributed by atoms with Gasteiger partial charge in [0.2, 0.25) is 0 Å². The molecule has 1 aromatic rings. The maximum absolute atomic E-state index is 5.36. The first-order chi connectivity index (χ1) is 8.76. The molecular weight excluding hydrogens is 222 g/mol. The summed E-state index contributed by atoms with van der Waals surface area (Å²) >= 11 is 0. The molecule has 18 heavy (non-hydrogen) atoms. The van der Waals surface area contributed by atoms with Crippen LogP contribution in [0.4, 0.5) is 0 Å². The van der Waals surface area contributed by atoms with Gasteiger partial charge in [-0.3, -0.25) is 0 Å². The molecule has 1 fully saturated rings. The van der Waals surface area contributed by atoms with Gasteiger partial charge >= 0.3 is 0 Å². The van der Waals surface area contributed by atoms with Gasteiger partial charge in [0.05, 0.1) is 7.11 Å². The molecule has 1 unspecified atom stereocenters. The van der Waals surface area contributed by atoms with E-state index < -0.39 is 0 Å². The van der Waals surface area contributed by atoms with Crippen molar-refractivity contribution in [1.29, 1.82) is 0 Å². The van der Waals surface area contributed by atoms with Crippen LogP contribution in [0.3, 0.4) is 0 Å². The molecule has 0 saturated heterocycles. The van der Waals surface area contributed by atoms with Crippen molar-refractivity contribution in [2.75, 3.05) is 7.11 Å². The van der Waals surface area contributed by atoms with Gasteiger partial charge in [-0.05, 0) is 61.3 Å². The number of hydrogen-bond donors (Lipinski definition) is 1. The molecule has 0 heterocycles. The zero-order valence-electron chi connectivity index (χ0n) is 11.4. The van der Waals surface area contributed by atoms with Gasteiger partial charge in [-0.1, -0.05) is 13.0 Å². The minimum atomic E-state index is 0.543. The third-order valence-corrected chi connectivity index (χ3v) is 4.48. The van der Waals surface area contributed by atoms with E-state index in [0.717, 1.165) is 17.7 Å². The minimum absolute atomic E-state index is 0.543. The zero-order valence-corrected chi connectivity index (χ0v) is 11.4. The second-order valence-corrected chi connectivity index (χ2v) is 5.95. The zero-order chi connectivity index (χ0) is 12.5. The maximum Gasteiger partial charge on any atom is 0.119 e. The SMILES string of the molecule is COc1ccc2c(c1)C(NC1CC(C)C1)CCC2. The molecule has 3 rings (SSSR count). The lowest BCUT2D eigenvalue weighted by molar-refractivity contribution is 0.215. The summed E-state index contributed by atoms with van der Waals surface area (Å²) in [5.74, 6) is 1.90. The predicted octanol–water partition coefficient (Wildman–Crippen LogP) is 3.46. The normalized spacial score (nSPS) is 30.4. The molecule has 0 radical (unpaired) electrons. The number of ether oxygens (including phenoxy) is 1. The van der Waals surface area contributed by atoms with Gasteiger partial charge in [0.25, 0.3) is 0 Å². The molecule has 0 spiro atoms. The summed E-state index contributed by atoms with van der Waals surface area (Å²) in [4.78, 5) is 0. The van der Waals surface area contributed by atoms with E-state index >= 15 is 0 Å². The quantitative estimate of drug-likeness (QED) is 0.880. The Labute approximate surface area is 110 Å². The Bertz CT molecular complexity index is 423. The second kappa shape index (κ2) is 4.93. The van der Waals surface area contributed by atoms with Crippen LogP contribution in [0.5, 0.6) is 5.75 Å². The first-order valence-electron chi connectivity index (χ1n) is 7.19. The summed E-state index contributed by atoms with van der Waals surface area (Å²) in [6.45, 7) is 2.34. The van der Waals surface area contributed by atoms with Crippen LogP contribution in [-0.2, 0) is 6.42 Å². The lowest BCUT2D eigenvalue weighted by atomic mass is 9.79. The topological polar surface area (TPSA) is 21.3 Å². The highest BCUT2D eigenvalue weighted by Crippen LogP contribution is 2.35. The molecule has 0 amide bonds. The van der Waals surface area contributed by atoms with Gasteiger partial charge < -0.3 is 10.1 Å². The van der Waals surface area contributed by atoms with Crippen LogP contribution in [-0.4, -0.2) is 13.2 Å². The van der Waals surface area contributed by atoms with E-state index in [1.165, 1.54) is 43.2 Å². The maximum atomic E-state index is 5.36. The Morgan fingerprint density at radius 2 is 2.11 bits per heavy atom. The van der Waals surface area contributed by atoms with E-state index in [1.54, 1.807) is 7.11 Å². The smallest absolute Gasteiger partial charge is 0.119 e. The van der Waals surface area contributed by atoms with Crippen molar-refractivity contribution in [2.24, 2.45) is 5.92 Å². The van der Waals surface area contributed by atoms with Gasteiger partial charge in [0, 0.05) is 12.1 Å². The third kappa shape index (κ3) is 2.26. The van der Waals surface area contributed by atoms with Crippen molar-refractivity contribution >= 4 is 0 Å². The molecule has 0 bridgehead atoms. The Morgan fingerprint density at radius 3 is 2.83 bits per heavy atom. The van der Waals surface area contributed by atoms with E-state index in [1.807, 2.05) is 0 Å². The van der Waals surface area contributed by atoms with Crippen LogP contribution in [0.1, 0.15) is 49.8 Å². The first-order valence-corrected chi connectivity index (χ1v) is 7.19. The van der Waals surface area contributed by atoms with Crippen molar-refractivity contribution in [2.45, 2.75) is 51.1 Å². The summed E-state index contributed by atoms with van der Waals surface area (Å²) in [7, 11) is 1.75. The van der Waals surface area contributed by atoms with E-state index in [4.69, 9.17) is 4.74 Å². The first kappa shape index (κ1) is 12.0. The molecule has 98 valence electrons. The number of methoxy groups -OCH3 is 1. The minimum Gasteiger partial charge on any atom is -0.497 e. The fourth-order valence-electron chi connectivity index (χ4n) is 3.40. The van der Waals surface area contributed by atoms with Crippen LogP contribution in [0.15, 0.2) is 18.2 Å². The fourth-order valence-corrected chi connectivity index (χ4v) is 3.40. The average molecular weight is 245 g/mol. The van der Waals surface area contributed by atoms with Gasteiger partial charge in [0.1, 0.15) is 5.75 Å². The molecule has 0 aromatic heterocycles. The lowest BCUT2D eigenvalue weighted by Crippen LogP contribution is -2.42. The van der Waals surface area contributed by atoms with Crippen molar-refractivity contribution < 1.29 is 4.74 Å². The van der Waals surface area contributed by atoms with Gasteiger partial charge in [0.15, 0.2) is 0 Å². The highest BCUT2D eigenvalue weighted by molar-refractivity contribution is 5.39. The molecule has 1 aromatic carbocycles. The lowest BCUT2D eigenvalue weighted by Gasteiger charge is -2.38. The number of hydrogen-bond acceptors (Lipinski definition) is 2. The van der Waals surface area contributed by atoms with Crippen molar-refractivity contribution in [3.63, 3.8) is 0 Å². The predicted molar refractivity (Wildman–Crippen MR) is 74.0 cm³/mol. The summed E-state index contributed by atoms with van der Waals surface area (Å²) in [6.07, 6.45) is 6.48. The molecule has 2 aliphatic carbocycles. The monoisotopic (exact) mass is 245 g/mol. The van der Waals surface area contributed by atoms with Crippen molar-refractivity contribution in [3.05, 3.63) is 29.3 Å². The van der Waals surface area contributed by atoms with Gasteiger partial charge in [-0.2, -0.15) is 0 Å². The summed E-state index contributed by atoms with van der Waals surface area (Å²) in [5, 5.41) is 3.84. The van der Waals surface area contributed by atoms with E-state index in [2.05, 4.69) is 30.4 Å². The Balaban J connectivity index is 1.77. The molecule has 1 atom stereocenters. The van der Waals surface area contributed by atoms with Crippen LogP contribution in [0.2, 0.25) is 0 Å². The highest BCUT2D eigenvalue weighted by Gasteiger charge is 2.29. The second-order valence-electron chi connectivity index (χ2n) is 5.95. The van der Waals surface area contributed by atoms with Crippen molar-refractivity contribution in [1.82, 2.24) is 5.32 Å². The number of nitrogens with one attached hydrogen (secondary N) is 1. The highest BCUT2D eigenvalue weighted by atomic mass is 16.5. The van der Waals surface area contributed by atoms with Crippen molar-refractivity contribution in [3.8, 4) is 5.75 Å². The molecule has 1 N–H and O–H groups in total. The molecule has 2 aliphatic rings. The molecular formula is C16H23NO. The Hall–Kier alpha value is -1.02. The summed E-state index contributed by atoms with van der Waals surface area (Å²) in [5.41, 5.74) is 2.98. The van der Waals surface area contributed by atoms with E-state index in [9.17, 15) is 0 Å². The number of aryl methyl sites for hydroxylation is 1. The Kier molecular flexibility index (Phi) is 3.29. The van der Waals surface area contributed by atoms with Crippen LogP contribution in [0.25, 0.3) is 0 Å².